The summed E-state index contributed by atoms with van der Waals surface area (Å²) in [7, 11) is 1.36. The maximum Gasteiger partial charge on any atom is 0.333 e. The Morgan fingerprint density at radius 3 is 2.91 bits per heavy atom. The number of aryl methyl sites for hydroxylation is 1. The van der Waals surface area contributed by atoms with Crippen LogP contribution in [0, 0.1) is 5.92 Å². The van der Waals surface area contributed by atoms with Crippen LogP contribution in [0.5, 0.6) is 0 Å². The van der Waals surface area contributed by atoms with Crippen LogP contribution in [0.1, 0.15) is 63.8 Å². The molecule has 0 spiro atoms. The Hall–Kier alpha value is -1.78. The second-order valence-electron chi connectivity index (χ2n) is 6.11. The zero-order chi connectivity index (χ0) is 16.5. The minimum absolute atomic E-state index is 0.0944. The Morgan fingerprint density at radius 2 is 2.22 bits per heavy atom. The summed E-state index contributed by atoms with van der Waals surface area (Å²) in [6.07, 6.45) is 14.9. The van der Waals surface area contributed by atoms with E-state index in [9.17, 15) is 4.79 Å². The lowest BCUT2D eigenvalue weighted by Gasteiger charge is -2.29. The average Bonchev–Trinajstić information content (AvgIpc) is 3.05. The molecule has 23 heavy (non-hydrogen) atoms. The molecule has 5 heteroatoms. The molecule has 0 amide bonds. The highest BCUT2D eigenvalue weighted by Crippen LogP contribution is 2.36. The standard InChI is InChI=1S/C18H28N2O3/c1-3-4-12-20-13-11-19-18(20)17(15-8-6-5-7-9-15)23-14-10-16(21)22-2/h10-11,13-15,17H,3-9,12H2,1-2H3/b14-10+. The van der Waals surface area contributed by atoms with Gasteiger partial charge >= 0.3 is 5.97 Å². The van der Waals surface area contributed by atoms with Crippen molar-refractivity contribution in [3.63, 3.8) is 0 Å². The molecule has 1 heterocycles. The molecule has 128 valence electrons. The number of hydrogen-bond acceptors (Lipinski definition) is 4. The van der Waals surface area contributed by atoms with Gasteiger partial charge in [0, 0.05) is 24.9 Å². The van der Waals surface area contributed by atoms with E-state index in [-0.39, 0.29) is 6.10 Å². The van der Waals surface area contributed by atoms with Crippen LogP contribution in [0.25, 0.3) is 0 Å². The number of ether oxygens (including phenoxy) is 2. The summed E-state index contributed by atoms with van der Waals surface area (Å²) in [4.78, 5) is 15.8. The summed E-state index contributed by atoms with van der Waals surface area (Å²) >= 11 is 0. The molecular formula is C18H28N2O3. The van der Waals surface area contributed by atoms with Gasteiger partial charge in [0.25, 0.3) is 0 Å². The predicted octanol–water partition coefficient (Wildman–Crippen LogP) is 4.01. The number of hydrogen-bond donors (Lipinski definition) is 0. The zero-order valence-electron chi connectivity index (χ0n) is 14.2. The third kappa shape index (κ3) is 5.12. The first-order valence-electron chi connectivity index (χ1n) is 8.67. The quantitative estimate of drug-likeness (QED) is 0.412. The van der Waals surface area contributed by atoms with Crippen LogP contribution in [0.2, 0.25) is 0 Å². The van der Waals surface area contributed by atoms with Crippen LogP contribution in [-0.2, 0) is 20.8 Å². The van der Waals surface area contributed by atoms with E-state index in [1.54, 1.807) is 0 Å². The number of nitrogens with zero attached hydrogens (tertiary/aromatic N) is 2. The summed E-state index contributed by atoms with van der Waals surface area (Å²) in [6, 6.07) is 0. The van der Waals surface area contributed by atoms with Gasteiger partial charge in [-0.15, -0.1) is 0 Å². The molecule has 1 aliphatic carbocycles. The molecule has 1 fully saturated rings. The smallest absolute Gasteiger partial charge is 0.333 e. The molecule has 1 aliphatic rings. The van der Waals surface area contributed by atoms with Gasteiger partial charge in [0.1, 0.15) is 5.82 Å². The topological polar surface area (TPSA) is 53.4 Å². The van der Waals surface area contributed by atoms with Gasteiger partial charge in [-0.2, -0.15) is 0 Å². The number of unbranched alkanes of at least 4 members (excludes halogenated alkanes) is 1. The average molecular weight is 320 g/mol. The number of carbonyl (C=O) groups excluding carboxylic acids is 1. The van der Waals surface area contributed by atoms with Crippen molar-refractivity contribution in [1.29, 1.82) is 0 Å². The van der Waals surface area contributed by atoms with Gasteiger partial charge in [0.2, 0.25) is 0 Å². The Labute approximate surface area is 138 Å². The fourth-order valence-electron chi connectivity index (χ4n) is 3.16. The Bertz CT molecular complexity index is 504. The van der Waals surface area contributed by atoms with Crippen LogP contribution in [0.4, 0.5) is 0 Å². The van der Waals surface area contributed by atoms with Crippen molar-refractivity contribution in [1.82, 2.24) is 9.55 Å². The van der Waals surface area contributed by atoms with Gasteiger partial charge in [-0.05, 0) is 19.3 Å². The lowest BCUT2D eigenvalue weighted by Crippen LogP contribution is -2.21. The molecule has 0 radical (unpaired) electrons. The van der Waals surface area contributed by atoms with Gasteiger partial charge in [0.15, 0.2) is 6.10 Å². The van der Waals surface area contributed by atoms with Crippen molar-refractivity contribution < 1.29 is 14.3 Å². The predicted molar refractivity (Wildman–Crippen MR) is 88.7 cm³/mol. The highest BCUT2D eigenvalue weighted by molar-refractivity contribution is 5.81. The molecule has 0 N–H and O–H groups in total. The van der Waals surface area contributed by atoms with Crippen molar-refractivity contribution in [3.8, 4) is 0 Å². The zero-order valence-corrected chi connectivity index (χ0v) is 14.2. The fourth-order valence-corrected chi connectivity index (χ4v) is 3.16. The van der Waals surface area contributed by atoms with Crippen molar-refractivity contribution in [2.24, 2.45) is 5.92 Å². The van der Waals surface area contributed by atoms with Crippen molar-refractivity contribution >= 4 is 5.97 Å². The molecule has 1 saturated carbocycles. The van der Waals surface area contributed by atoms with Crippen LogP contribution >= 0.6 is 0 Å². The van der Waals surface area contributed by atoms with Gasteiger partial charge < -0.3 is 14.0 Å². The number of imidazole rings is 1. The summed E-state index contributed by atoms with van der Waals surface area (Å²) in [5, 5.41) is 0. The monoisotopic (exact) mass is 320 g/mol. The van der Waals surface area contributed by atoms with E-state index < -0.39 is 5.97 Å². The van der Waals surface area contributed by atoms with Gasteiger partial charge in [-0.25, -0.2) is 9.78 Å². The minimum atomic E-state index is -0.401. The molecule has 0 bridgehead atoms. The molecule has 0 saturated heterocycles. The third-order valence-electron chi connectivity index (χ3n) is 4.46. The van der Waals surface area contributed by atoms with E-state index in [4.69, 9.17) is 4.74 Å². The summed E-state index contributed by atoms with van der Waals surface area (Å²) in [6.45, 7) is 3.14. The first-order chi connectivity index (χ1) is 11.3. The van der Waals surface area contributed by atoms with Crippen molar-refractivity contribution in [2.45, 2.75) is 64.5 Å². The van der Waals surface area contributed by atoms with Crippen molar-refractivity contribution in [3.05, 3.63) is 30.6 Å². The molecule has 1 unspecified atom stereocenters. The van der Waals surface area contributed by atoms with Gasteiger partial charge in [-0.1, -0.05) is 32.6 Å². The van der Waals surface area contributed by atoms with Crippen LogP contribution in [0.3, 0.4) is 0 Å². The maximum absolute atomic E-state index is 11.3. The SMILES string of the molecule is CCCCn1ccnc1C(O/C=C/C(=O)OC)C1CCCCC1. The first kappa shape index (κ1) is 17.6. The first-order valence-corrected chi connectivity index (χ1v) is 8.67. The largest absolute Gasteiger partial charge is 0.490 e. The molecule has 5 nitrogen and oxygen atoms in total. The van der Waals surface area contributed by atoms with Crippen molar-refractivity contribution in [2.75, 3.05) is 7.11 Å². The highest BCUT2D eigenvalue weighted by atomic mass is 16.5. The molecule has 1 aromatic heterocycles. The number of esters is 1. The van der Waals surface area contributed by atoms with E-state index in [1.165, 1.54) is 38.7 Å². The molecule has 1 aromatic rings. The molecule has 2 rings (SSSR count). The van der Waals surface area contributed by atoms with Crippen LogP contribution < -0.4 is 0 Å². The Kier molecular flexibility index (Phi) is 7.17. The Morgan fingerprint density at radius 1 is 1.43 bits per heavy atom. The maximum atomic E-state index is 11.3. The fraction of sp³-hybridized carbons (Fsp3) is 0.667. The van der Waals surface area contributed by atoms with E-state index >= 15 is 0 Å². The lowest BCUT2D eigenvalue weighted by atomic mass is 9.85. The number of carbonyl (C=O) groups is 1. The summed E-state index contributed by atoms with van der Waals surface area (Å²) < 4.78 is 12.8. The van der Waals surface area contributed by atoms with Crippen LogP contribution in [0.15, 0.2) is 24.7 Å². The number of methoxy groups -OCH3 is 1. The normalized spacial score (nSPS) is 17.3. The Balaban J connectivity index is 2.13. The minimum Gasteiger partial charge on any atom is -0.490 e. The van der Waals surface area contributed by atoms with E-state index in [0.717, 1.165) is 38.1 Å². The molecule has 1 atom stereocenters. The number of rotatable bonds is 8. The van der Waals surface area contributed by atoms with E-state index in [1.807, 2.05) is 12.4 Å². The van der Waals surface area contributed by atoms with E-state index in [0.29, 0.717) is 5.92 Å². The highest BCUT2D eigenvalue weighted by Gasteiger charge is 2.29. The van der Waals surface area contributed by atoms with E-state index in [2.05, 4.69) is 21.2 Å². The number of aromatic nitrogens is 2. The van der Waals surface area contributed by atoms with Gasteiger partial charge in [-0.3, -0.25) is 0 Å². The van der Waals surface area contributed by atoms with Crippen LogP contribution in [-0.4, -0.2) is 22.6 Å². The molecular weight excluding hydrogens is 292 g/mol. The lowest BCUT2D eigenvalue weighted by molar-refractivity contribution is -0.135. The second-order valence-corrected chi connectivity index (χ2v) is 6.11. The second kappa shape index (κ2) is 9.38. The summed E-state index contributed by atoms with van der Waals surface area (Å²) in [5.74, 6) is 1.02. The third-order valence-corrected chi connectivity index (χ3v) is 4.46. The molecule has 0 aromatic carbocycles. The molecule has 0 aliphatic heterocycles. The van der Waals surface area contributed by atoms with Gasteiger partial charge in [0.05, 0.1) is 19.4 Å². The summed E-state index contributed by atoms with van der Waals surface area (Å²) in [5.41, 5.74) is 0.